The summed E-state index contributed by atoms with van der Waals surface area (Å²) in [7, 11) is 0. The third-order valence-electron chi connectivity index (χ3n) is 20.6. The molecule has 0 atom stereocenters. The molecule has 0 saturated heterocycles. The monoisotopic (exact) mass is 1310 g/mol. The van der Waals surface area contributed by atoms with Crippen molar-refractivity contribution in [1.82, 2.24) is 0 Å². The molecule has 0 aliphatic rings. The van der Waals surface area contributed by atoms with Crippen LogP contribution < -0.4 is 9.80 Å². The highest BCUT2D eigenvalue weighted by Gasteiger charge is 2.24. The van der Waals surface area contributed by atoms with Gasteiger partial charge in [0.05, 0.1) is 5.69 Å². The van der Waals surface area contributed by atoms with Gasteiger partial charge in [-0.25, -0.2) is 0 Å². The number of hydrogen-bond acceptors (Lipinski definition) is 6. The van der Waals surface area contributed by atoms with Crippen molar-refractivity contribution in [2.75, 3.05) is 9.80 Å². The molecule has 0 aliphatic heterocycles. The Labute approximate surface area is 582 Å². The van der Waals surface area contributed by atoms with Gasteiger partial charge in [-0.2, -0.15) is 0 Å². The maximum atomic E-state index is 7.36. The number of fused-ring (bicyclic) bond motifs is 18. The first-order valence-electron chi connectivity index (χ1n) is 34.0. The molecule has 0 N–H and O–H groups in total. The molecule has 466 valence electrons. The predicted molar refractivity (Wildman–Crippen MR) is 428 cm³/mol. The smallest absolute Gasteiger partial charge is 0.143 e. The fourth-order valence-corrected chi connectivity index (χ4v) is 18.1. The zero-order valence-corrected chi connectivity index (χ0v) is 55.5. The van der Waals surface area contributed by atoms with Crippen LogP contribution in [0.15, 0.2) is 349 Å². The number of anilines is 6. The minimum absolute atomic E-state index is 0.868. The molecule has 0 bridgehead atoms. The Hall–Kier alpha value is -12.6. The van der Waals surface area contributed by atoms with Gasteiger partial charge in [-0.15, -0.1) is 22.7 Å². The second-order valence-electron chi connectivity index (χ2n) is 26.2. The standard InChI is InChI=1S/C94H56N2O2S2/c1-5-23-70-57(15-1)19-12-28-71(70)63-21-11-22-67(53-63)95(68-44-51-88-82(55-68)78-27-9-10-32-86(78)99-88)65-40-33-62(34-41-65)74-48-49-77(94-91(74)80-47-38-60-18-4-8-26-76(60)93(80)98-94)64-39-50-87-81(54-64)83-56-69(45-52-89(83)100-87)96(84-30-13-20-58-16-2-6-24-72(58)84)66-42-35-61(36-43-66)73-29-14-31-85-90(73)79-46-37-59-17-3-7-25-75(59)92(79)97-85/h1-56H. The second-order valence-corrected chi connectivity index (χ2v) is 28.4. The van der Waals surface area contributed by atoms with Gasteiger partial charge in [0.2, 0.25) is 0 Å². The number of rotatable bonds is 10. The molecule has 100 heavy (non-hydrogen) atoms. The van der Waals surface area contributed by atoms with E-state index in [4.69, 9.17) is 8.83 Å². The molecular weight excluding hydrogens is 1250 g/mol. The summed E-state index contributed by atoms with van der Waals surface area (Å²) in [6, 6.07) is 125. The van der Waals surface area contributed by atoms with Gasteiger partial charge in [-0.3, -0.25) is 0 Å². The Morgan fingerprint density at radius 2 is 0.660 bits per heavy atom. The van der Waals surface area contributed by atoms with Crippen molar-refractivity contribution in [3.8, 4) is 44.5 Å². The maximum absolute atomic E-state index is 7.36. The van der Waals surface area contributed by atoms with E-state index in [1.54, 1.807) is 0 Å². The highest BCUT2D eigenvalue weighted by molar-refractivity contribution is 7.26. The van der Waals surface area contributed by atoms with Crippen molar-refractivity contribution >= 4 is 184 Å². The van der Waals surface area contributed by atoms with Crippen molar-refractivity contribution in [3.63, 3.8) is 0 Å². The molecule has 6 heteroatoms. The molecule has 21 aromatic rings. The molecule has 0 aliphatic carbocycles. The first kappa shape index (κ1) is 56.6. The molecule has 4 aromatic heterocycles. The summed E-state index contributed by atoms with van der Waals surface area (Å²) in [6.07, 6.45) is 0. The molecule has 0 unspecified atom stereocenters. The van der Waals surface area contributed by atoms with Crippen LogP contribution in [0.5, 0.6) is 0 Å². The minimum Gasteiger partial charge on any atom is -0.455 e. The van der Waals surface area contributed by atoms with Gasteiger partial charge >= 0.3 is 0 Å². The number of nitrogens with zero attached hydrogens (tertiary/aromatic N) is 2. The van der Waals surface area contributed by atoms with Crippen molar-refractivity contribution in [1.29, 1.82) is 0 Å². The second kappa shape index (κ2) is 22.5. The van der Waals surface area contributed by atoms with Gasteiger partial charge in [-0.05, 0) is 187 Å². The number of benzene rings is 17. The van der Waals surface area contributed by atoms with E-state index < -0.39 is 0 Å². The van der Waals surface area contributed by atoms with E-state index in [1.807, 2.05) is 22.7 Å². The molecule has 0 amide bonds. The Morgan fingerprint density at radius 3 is 1.37 bits per heavy atom. The average Bonchev–Trinajstić information content (AvgIpc) is 1.56. The minimum atomic E-state index is 0.868. The first-order valence-corrected chi connectivity index (χ1v) is 35.6. The van der Waals surface area contributed by atoms with Crippen molar-refractivity contribution in [2.24, 2.45) is 0 Å². The van der Waals surface area contributed by atoms with E-state index >= 15 is 0 Å². The van der Waals surface area contributed by atoms with E-state index in [0.29, 0.717) is 0 Å². The lowest BCUT2D eigenvalue weighted by Gasteiger charge is -2.27. The molecule has 0 fully saturated rings. The van der Waals surface area contributed by atoms with Gasteiger partial charge in [0.1, 0.15) is 22.3 Å². The van der Waals surface area contributed by atoms with E-state index in [0.717, 1.165) is 128 Å². The van der Waals surface area contributed by atoms with E-state index in [-0.39, 0.29) is 0 Å². The summed E-state index contributed by atoms with van der Waals surface area (Å²) >= 11 is 3.69. The van der Waals surface area contributed by atoms with Crippen LogP contribution in [-0.2, 0) is 0 Å². The summed E-state index contributed by atoms with van der Waals surface area (Å²) in [5.41, 5.74) is 19.1. The number of furan rings is 2. The molecule has 4 nitrogen and oxygen atoms in total. The summed E-state index contributed by atoms with van der Waals surface area (Å²) in [4.78, 5) is 4.85. The van der Waals surface area contributed by atoms with E-state index in [1.165, 1.54) is 78.4 Å². The third kappa shape index (κ3) is 8.98. The zero-order chi connectivity index (χ0) is 65.5. The van der Waals surface area contributed by atoms with Gasteiger partial charge in [0.15, 0.2) is 0 Å². The van der Waals surface area contributed by atoms with Crippen LogP contribution in [0.4, 0.5) is 34.1 Å². The van der Waals surface area contributed by atoms with E-state index in [2.05, 4.69) is 350 Å². The topological polar surface area (TPSA) is 32.8 Å². The quantitative estimate of drug-likeness (QED) is 0.137. The summed E-state index contributed by atoms with van der Waals surface area (Å²) in [6.45, 7) is 0. The highest BCUT2D eigenvalue weighted by atomic mass is 32.1. The summed E-state index contributed by atoms with van der Waals surface area (Å²) in [5, 5.41) is 18.7. The first-order chi connectivity index (χ1) is 49.5. The highest BCUT2D eigenvalue weighted by Crippen LogP contribution is 2.50. The van der Waals surface area contributed by atoms with Crippen LogP contribution in [0.1, 0.15) is 0 Å². The summed E-state index contributed by atoms with van der Waals surface area (Å²) in [5.74, 6) is 0. The van der Waals surface area contributed by atoms with Crippen molar-refractivity contribution in [3.05, 3.63) is 340 Å². The van der Waals surface area contributed by atoms with Crippen LogP contribution in [0.2, 0.25) is 0 Å². The van der Waals surface area contributed by atoms with Crippen LogP contribution >= 0.6 is 22.7 Å². The predicted octanol–water partition coefficient (Wildman–Crippen LogP) is 28.4. The Morgan fingerprint density at radius 1 is 0.210 bits per heavy atom. The van der Waals surface area contributed by atoms with Crippen LogP contribution in [-0.4, -0.2) is 0 Å². The lowest BCUT2D eigenvalue weighted by Crippen LogP contribution is -2.10. The molecule has 4 heterocycles. The van der Waals surface area contributed by atoms with Gasteiger partial charge in [0.25, 0.3) is 0 Å². The van der Waals surface area contributed by atoms with Gasteiger partial charge in [0, 0.05) is 112 Å². The number of thiophene rings is 2. The van der Waals surface area contributed by atoms with Crippen LogP contribution in [0, 0.1) is 0 Å². The number of hydrogen-bond donors (Lipinski definition) is 0. The zero-order valence-electron chi connectivity index (χ0n) is 53.9. The fourth-order valence-electron chi connectivity index (χ4n) is 15.9. The Balaban J connectivity index is 0.688. The van der Waals surface area contributed by atoms with Crippen LogP contribution in [0.25, 0.3) is 172 Å². The average molecular weight is 1310 g/mol. The molecule has 0 spiro atoms. The Bertz CT molecular complexity index is 6920. The SMILES string of the molecule is c1cc(-c2cccc3ccccc23)cc(N(c2ccc(-c3ccc(-c4ccc5sc6ccc(N(c7ccc(-c8cccc9oc%10c%11ccccc%11ccc%10c89)cc7)c7cccc8ccccc78)cc6c5c4)c4oc5c6ccccc6ccc5c34)cc2)c2ccc3sc4ccccc4c3c2)c1. The third-order valence-corrected chi connectivity index (χ3v) is 22.9. The van der Waals surface area contributed by atoms with Gasteiger partial charge in [-0.1, -0.05) is 218 Å². The summed E-state index contributed by atoms with van der Waals surface area (Å²) < 4.78 is 19.0. The normalized spacial score (nSPS) is 12.0. The molecular formula is C94H56N2O2S2. The Kier molecular flexibility index (Phi) is 12.7. The largest absolute Gasteiger partial charge is 0.455 e. The van der Waals surface area contributed by atoms with Crippen molar-refractivity contribution in [2.45, 2.75) is 0 Å². The van der Waals surface area contributed by atoms with Crippen molar-refractivity contribution < 1.29 is 8.83 Å². The fraction of sp³-hybridized carbons (Fsp3) is 0. The molecule has 21 rings (SSSR count). The van der Waals surface area contributed by atoms with Crippen LogP contribution in [0.3, 0.4) is 0 Å². The van der Waals surface area contributed by atoms with Gasteiger partial charge < -0.3 is 18.6 Å². The molecule has 17 aromatic carbocycles. The molecule has 0 radical (unpaired) electrons. The lowest BCUT2D eigenvalue weighted by molar-refractivity contribution is 0.672. The molecule has 0 saturated carbocycles. The maximum Gasteiger partial charge on any atom is 0.143 e. The van der Waals surface area contributed by atoms with E-state index in [9.17, 15) is 0 Å². The lowest BCUT2D eigenvalue weighted by atomic mass is 9.93.